The molecule has 4 nitrogen and oxygen atoms in total. The molecule has 1 aliphatic carbocycles. The average Bonchev–Trinajstić information content (AvgIpc) is 2.75. The highest BCUT2D eigenvalue weighted by Gasteiger charge is 2.36. The van der Waals surface area contributed by atoms with E-state index >= 15 is 0 Å². The Hall–Kier alpha value is -0.640. The largest absolute Gasteiger partial charge is 0.300 e. The van der Waals surface area contributed by atoms with E-state index in [1.807, 2.05) is 6.92 Å². The minimum absolute atomic E-state index is 0.329. The molecule has 1 heterocycles. The van der Waals surface area contributed by atoms with Crippen molar-refractivity contribution in [2.75, 3.05) is 6.54 Å². The highest BCUT2D eigenvalue weighted by molar-refractivity contribution is 8.01. The molecule has 0 aliphatic heterocycles. The molecule has 1 aromatic heterocycles. The molecule has 1 fully saturated rings. The standard InChI is InChI=1S/C12H18N4S2/c1-3-14-12(8-13)6-4-5-10(7-12)18-11-16-15-9(2)17-11/h10,14H,3-7H2,1-2H3. The predicted molar refractivity (Wildman–Crippen MR) is 74.8 cm³/mol. The van der Waals surface area contributed by atoms with Gasteiger partial charge >= 0.3 is 0 Å². The molecule has 98 valence electrons. The fourth-order valence-electron chi connectivity index (χ4n) is 2.43. The Labute approximate surface area is 116 Å². The van der Waals surface area contributed by atoms with Crippen LogP contribution >= 0.6 is 23.1 Å². The summed E-state index contributed by atoms with van der Waals surface area (Å²) in [7, 11) is 0. The number of nitrogens with one attached hydrogen (secondary N) is 1. The Morgan fingerprint density at radius 1 is 1.61 bits per heavy atom. The van der Waals surface area contributed by atoms with Gasteiger partial charge in [-0.05, 0) is 39.2 Å². The summed E-state index contributed by atoms with van der Waals surface area (Å²) in [5.41, 5.74) is -0.329. The van der Waals surface area contributed by atoms with Crippen molar-refractivity contribution in [1.82, 2.24) is 15.5 Å². The molecule has 6 heteroatoms. The van der Waals surface area contributed by atoms with Crippen LogP contribution in [0.2, 0.25) is 0 Å². The highest BCUT2D eigenvalue weighted by atomic mass is 32.2. The van der Waals surface area contributed by atoms with E-state index in [1.165, 1.54) is 0 Å². The summed E-state index contributed by atoms with van der Waals surface area (Å²) < 4.78 is 1.03. The lowest BCUT2D eigenvalue weighted by Gasteiger charge is -2.35. The van der Waals surface area contributed by atoms with E-state index in [9.17, 15) is 5.26 Å². The van der Waals surface area contributed by atoms with Crippen LogP contribution in [0.15, 0.2) is 4.34 Å². The van der Waals surface area contributed by atoms with Crippen LogP contribution in [0.3, 0.4) is 0 Å². The molecule has 1 N–H and O–H groups in total. The molecule has 2 rings (SSSR count). The highest BCUT2D eigenvalue weighted by Crippen LogP contribution is 2.38. The maximum absolute atomic E-state index is 9.41. The molecule has 0 spiro atoms. The van der Waals surface area contributed by atoms with Gasteiger partial charge in [0.05, 0.1) is 6.07 Å². The molecule has 0 bridgehead atoms. The second-order valence-electron chi connectivity index (χ2n) is 4.65. The lowest BCUT2D eigenvalue weighted by Crippen LogP contribution is -2.48. The topological polar surface area (TPSA) is 61.6 Å². The molecule has 0 radical (unpaired) electrons. The number of hydrogen-bond donors (Lipinski definition) is 1. The fourth-order valence-corrected chi connectivity index (χ4v) is 4.84. The summed E-state index contributed by atoms with van der Waals surface area (Å²) in [6.45, 7) is 4.88. The Kier molecular flexibility index (Phi) is 4.60. The van der Waals surface area contributed by atoms with Gasteiger partial charge in [-0.25, -0.2) is 0 Å². The van der Waals surface area contributed by atoms with Gasteiger partial charge in [0.2, 0.25) is 0 Å². The molecule has 1 aromatic rings. The molecule has 1 saturated carbocycles. The van der Waals surface area contributed by atoms with Gasteiger partial charge in [0.15, 0.2) is 4.34 Å². The number of hydrogen-bond acceptors (Lipinski definition) is 6. The van der Waals surface area contributed by atoms with Crippen molar-refractivity contribution in [2.24, 2.45) is 0 Å². The van der Waals surface area contributed by atoms with Crippen LogP contribution in [0.25, 0.3) is 0 Å². The lowest BCUT2D eigenvalue weighted by molar-refractivity contribution is 0.309. The van der Waals surface area contributed by atoms with Crippen molar-refractivity contribution < 1.29 is 0 Å². The van der Waals surface area contributed by atoms with Crippen LogP contribution in [0.1, 0.15) is 37.6 Å². The van der Waals surface area contributed by atoms with Gasteiger partial charge in [0.1, 0.15) is 10.5 Å². The van der Waals surface area contributed by atoms with E-state index in [0.29, 0.717) is 5.25 Å². The monoisotopic (exact) mass is 282 g/mol. The summed E-state index contributed by atoms with van der Waals surface area (Å²) in [5, 5.41) is 22.5. The molecule has 0 amide bonds. The molecule has 2 atom stereocenters. The smallest absolute Gasteiger partial charge is 0.174 e. The Balaban J connectivity index is 2.00. The third-order valence-electron chi connectivity index (χ3n) is 3.21. The number of nitriles is 1. The van der Waals surface area contributed by atoms with Crippen LogP contribution in [-0.4, -0.2) is 27.5 Å². The molecule has 0 aromatic carbocycles. The molecule has 18 heavy (non-hydrogen) atoms. The van der Waals surface area contributed by atoms with Gasteiger partial charge in [-0.3, -0.25) is 5.32 Å². The SMILES string of the molecule is CCNC1(C#N)CCCC(Sc2nnc(C)s2)C1. The van der Waals surface area contributed by atoms with Gasteiger partial charge in [0, 0.05) is 5.25 Å². The summed E-state index contributed by atoms with van der Waals surface area (Å²) in [4.78, 5) is 0. The van der Waals surface area contributed by atoms with Gasteiger partial charge in [-0.15, -0.1) is 10.2 Å². The normalized spacial score (nSPS) is 27.9. The zero-order valence-electron chi connectivity index (χ0n) is 10.8. The van der Waals surface area contributed by atoms with E-state index in [-0.39, 0.29) is 5.54 Å². The minimum atomic E-state index is -0.329. The van der Waals surface area contributed by atoms with Crippen LogP contribution in [0.4, 0.5) is 0 Å². The molecule has 2 unspecified atom stereocenters. The van der Waals surface area contributed by atoms with Gasteiger partial charge in [0.25, 0.3) is 0 Å². The predicted octanol–water partition coefficient (Wildman–Crippen LogP) is 2.75. The maximum Gasteiger partial charge on any atom is 0.174 e. The van der Waals surface area contributed by atoms with E-state index in [2.05, 4.69) is 28.5 Å². The van der Waals surface area contributed by atoms with Crippen molar-refractivity contribution in [1.29, 1.82) is 5.26 Å². The van der Waals surface area contributed by atoms with Crippen LogP contribution in [-0.2, 0) is 0 Å². The zero-order chi connectivity index (χ0) is 13.0. The molecular formula is C12H18N4S2. The van der Waals surface area contributed by atoms with E-state index in [4.69, 9.17) is 0 Å². The summed E-state index contributed by atoms with van der Waals surface area (Å²) in [6, 6.07) is 2.48. The molecule has 0 saturated heterocycles. The van der Waals surface area contributed by atoms with E-state index in [0.717, 1.165) is 41.6 Å². The number of aromatic nitrogens is 2. The van der Waals surface area contributed by atoms with Crippen molar-refractivity contribution in [3.63, 3.8) is 0 Å². The maximum atomic E-state index is 9.41. The second-order valence-corrected chi connectivity index (χ2v) is 7.38. The van der Waals surface area contributed by atoms with Crippen molar-refractivity contribution in [3.05, 3.63) is 5.01 Å². The van der Waals surface area contributed by atoms with Crippen molar-refractivity contribution in [2.45, 2.75) is 54.7 Å². The minimum Gasteiger partial charge on any atom is -0.300 e. The Morgan fingerprint density at radius 2 is 2.44 bits per heavy atom. The third kappa shape index (κ3) is 3.22. The van der Waals surface area contributed by atoms with E-state index in [1.54, 1.807) is 23.1 Å². The van der Waals surface area contributed by atoms with Gasteiger partial charge in [-0.1, -0.05) is 30.0 Å². The summed E-state index contributed by atoms with van der Waals surface area (Å²) in [6.07, 6.45) is 4.14. The number of nitrogens with zero attached hydrogens (tertiary/aromatic N) is 3. The Morgan fingerprint density at radius 3 is 3.06 bits per heavy atom. The first-order valence-electron chi connectivity index (χ1n) is 6.30. The Bertz CT molecular complexity index is 436. The number of rotatable bonds is 4. The first-order chi connectivity index (χ1) is 8.67. The first kappa shape index (κ1) is 13.8. The summed E-state index contributed by atoms with van der Waals surface area (Å²) in [5.74, 6) is 0. The third-order valence-corrected chi connectivity index (χ3v) is 5.40. The zero-order valence-corrected chi connectivity index (χ0v) is 12.4. The lowest BCUT2D eigenvalue weighted by atomic mass is 9.82. The van der Waals surface area contributed by atoms with Crippen LogP contribution in [0, 0.1) is 18.3 Å². The quantitative estimate of drug-likeness (QED) is 0.920. The number of thioether (sulfide) groups is 1. The number of aryl methyl sites for hydroxylation is 1. The first-order valence-corrected chi connectivity index (χ1v) is 8.00. The van der Waals surface area contributed by atoms with Gasteiger partial charge < -0.3 is 0 Å². The van der Waals surface area contributed by atoms with E-state index < -0.39 is 0 Å². The molecule has 1 aliphatic rings. The second kappa shape index (κ2) is 6.00. The van der Waals surface area contributed by atoms with Crippen LogP contribution < -0.4 is 5.32 Å². The van der Waals surface area contributed by atoms with Crippen molar-refractivity contribution >= 4 is 23.1 Å². The van der Waals surface area contributed by atoms with Crippen LogP contribution in [0.5, 0.6) is 0 Å². The average molecular weight is 282 g/mol. The summed E-state index contributed by atoms with van der Waals surface area (Å²) >= 11 is 3.42. The van der Waals surface area contributed by atoms with Crippen molar-refractivity contribution in [3.8, 4) is 6.07 Å². The van der Waals surface area contributed by atoms with Gasteiger partial charge in [-0.2, -0.15) is 5.26 Å². The molecular weight excluding hydrogens is 264 g/mol. The fraction of sp³-hybridized carbons (Fsp3) is 0.750.